The zero-order valence-electron chi connectivity index (χ0n) is 12.0. The maximum absolute atomic E-state index is 6.03. The second kappa shape index (κ2) is 5.79. The average Bonchev–Trinajstić information content (AvgIpc) is 2.98. The number of nitrogens with zero attached hydrogens (tertiary/aromatic N) is 2. The van der Waals surface area contributed by atoms with Gasteiger partial charge in [-0.05, 0) is 19.3 Å². The molecule has 1 aromatic heterocycles. The van der Waals surface area contributed by atoms with Crippen LogP contribution in [0.4, 0.5) is 0 Å². The van der Waals surface area contributed by atoms with Gasteiger partial charge in [0.15, 0.2) is 0 Å². The van der Waals surface area contributed by atoms with Crippen molar-refractivity contribution >= 4 is 0 Å². The molecule has 2 unspecified atom stereocenters. The molecule has 0 bridgehead atoms. The van der Waals surface area contributed by atoms with Crippen molar-refractivity contribution in [3.63, 3.8) is 0 Å². The van der Waals surface area contributed by atoms with Crippen molar-refractivity contribution in [1.29, 1.82) is 0 Å². The second-order valence-electron chi connectivity index (χ2n) is 5.89. The summed E-state index contributed by atoms with van der Waals surface area (Å²) in [4.78, 5) is 4.62. The van der Waals surface area contributed by atoms with Gasteiger partial charge < -0.3 is 19.7 Å². The first kappa shape index (κ1) is 14.0. The van der Waals surface area contributed by atoms with E-state index < -0.39 is 5.60 Å². The molecule has 0 aromatic carbocycles. The van der Waals surface area contributed by atoms with Crippen molar-refractivity contribution in [2.45, 2.75) is 56.1 Å². The van der Waals surface area contributed by atoms with E-state index in [2.05, 4.69) is 10.1 Å². The Kier molecular flexibility index (Phi) is 4.05. The van der Waals surface area contributed by atoms with Crippen molar-refractivity contribution in [3.05, 3.63) is 11.7 Å². The molecule has 2 N–H and O–H groups in total. The highest BCUT2D eigenvalue weighted by Gasteiger charge is 2.40. The first-order valence-electron chi connectivity index (χ1n) is 7.46. The predicted octanol–water partition coefficient (Wildman–Crippen LogP) is 1.71. The lowest BCUT2D eigenvalue weighted by molar-refractivity contribution is -0.101. The molecule has 2 heterocycles. The van der Waals surface area contributed by atoms with Gasteiger partial charge in [-0.25, -0.2) is 0 Å². The van der Waals surface area contributed by atoms with Crippen molar-refractivity contribution in [3.8, 4) is 0 Å². The standard InChI is InChI=1S/C14H23N3O3/c1-18-14(5-7-19-8-6-14)13-16-12(20-17-13)10-3-2-4-11(15)9-10/h10-11H,2-9,15H2,1H3. The molecule has 1 aliphatic carbocycles. The summed E-state index contributed by atoms with van der Waals surface area (Å²) < 4.78 is 16.6. The third kappa shape index (κ3) is 2.60. The van der Waals surface area contributed by atoms with Gasteiger partial charge >= 0.3 is 0 Å². The fraction of sp³-hybridized carbons (Fsp3) is 0.857. The lowest BCUT2D eigenvalue weighted by Crippen LogP contribution is -2.36. The number of rotatable bonds is 3. The van der Waals surface area contributed by atoms with E-state index in [0.29, 0.717) is 25.0 Å². The van der Waals surface area contributed by atoms with E-state index in [-0.39, 0.29) is 6.04 Å². The van der Waals surface area contributed by atoms with Crippen LogP contribution in [0.25, 0.3) is 0 Å². The summed E-state index contributed by atoms with van der Waals surface area (Å²) in [6, 6.07) is 0.253. The number of methoxy groups -OCH3 is 1. The fourth-order valence-corrected chi connectivity index (χ4v) is 3.26. The van der Waals surface area contributed by atoms with Crippen molar-refractivity contribution < 1.29 is 14.0 Å². The van der Waals surface area contributed by atoms with E-state index >= 15 is 0 Å². The van der Waals surface area contributed by atoms with Crippen LogP contribution >= 0.6 is 0 Å². The molecule has 3 rings (SSSR count). The third-order valence-electron chi connectivity index (χ3n) is 4.60. The Morgan fingerprint density at radius 2 is 2.10 bits per heavy atom. The summed E-state index contributed by atoms with van der Waals surface area (Å²) in [5.74, 6) is 1.68. The molecule has 0 amide bonds. The van der Waals surface area contributed by atoms with Crippen LogP contribution in [0.5, 0.6) is 0 Å². The number of hydrogen-bond acceptors (Lipinski definition) is 6. The molecule has 1 aliphatic heterocycles. The van der Waals surface area contributed by atoms with E-state index in [0.717, 1.165) is 44.4 Å². The van der Waals surface area contributed by atoms with Crippen molar-refractivity contribution in [1.82, 2.24) is 10.1 Å². The van der Waals surface area contributed by atoms with Gasteiger partial charge in [0.05, 0.1) is 0 Å². The molecular weight excluding hydrogens is 258 g/mol. The number of aromatic nitrogens is 2. The fourth-order valence-electron chi connectivity index (χ4n) is 3.26. The first-order chi connectivity index (χ1) is 9.73. The molecular formula is C14H23N3O3. The second-order valence-corrected chi connectivity index (χ2v) is 5.89. The average molecular weight is 281 g/mol. The molecule has 0 spiro atoms. The van der Waals surface area contributed by atoms with E-state index in [1.165, 1.54) is 0 Å². The van der Waals surface area contributed by atoms with Crippen LogP contribution in [-0.4, -0.2) is 36.5 Å². The van der Waals surface area contributed by atoms with Crippen LogP contribution < -0.4 is 5.73 Å². The van der Waals surface area contributed by atoms with E-state index in [9.17, 15) is 0 Å². The van der Waals surface area contributed by atoms with Gasteiger partial charge in [0.1, 0.15) is 5.60 Å². The molecule has 1 saturated carbocycles. The zero-order valence-corrected chi connectivity index (χ0v) is 12.0. The number of hydrogen-bond donors (Lipinski definition) is 1. The van der Waals surface area contributed by atoms with Gasteiger partial charge in [0.25, 0.3) is 0 Å². The van der Waals surface area contributed by atoms with Crippen LogP contribution in [0.2, 0.25) is 0 Å². The normalized spacial score (nSPS) is 30.3. The molecule has 20 heavy (non-hydrogen) atoms. The molecule has 0 radical (unpaired) electrons. The Balaban J connectivity index is 1.78. The minimum atomic E-state index is -0.448. The quantitative estimate of drug-likeness (QED) is 0.908. The SMILES string of the molecule is COC1(c2noc(C3CCCC(N)C3)n2)CCOCC1. The maximum atomic E-state index is 6.03. The van der Waals surface area contributed by atoms with Crippen LogP contribution in [0.15, 0.2) is 4.52 Å². The topological polar surface area (TPSA) is 83.4 Å². The Hall–Kier alpha value is -0.980. The summed E-state index contributed by atoms with van der Waals surface area (Å²) in [6.45, 7) is 1.35. The monoisotopic (exact) mass is 281 g/mol. The summed E-state index contributed by atoms with van der Waals surface area (Å²) in [5.41, 5.74) is 5.59. The molecule has 6 heteroatoms. The van der Waals surface area contributed by atoms with Crippen LogP contribution in [0.3, 0.4) is 0 Å². The van der Waals surface area contributed by atoms with Gasteiger partial charge in [-0.1, -0.05) is 11.6 Å². The van der Waals surface area contributed by atoms with Gasteiger partial charge in [-0.3, -0.25) is 0 Å². The molecule has 2 aliphatic rings. The molecule has 2 atom stereocenters. The largest absolute Gasteiger partial charge is 0.381 e. The van der Waals surface area contributed by atoms with E-state index in [4.69, 9.17) is 19.7 Å². The third-order valence-corrected chi connectivity index (χ3v) is 4.60. The van der Waals surface area contributed by atoms with Crippen molar-refractivity contribution in [2.24, 2.45) is 5.73 Å². The highest BCUT2D eigenvalue weighted by atomic mass is 16.5. The molecule has 1 saturated heterocycles. The van der Waals surface area contributed by atoms with Gasteiger partial charge in [0, 0.05) is 45.1 Å². The zero-order chi connectivity index (χ0) is 14.0. The Labute approximate surface area is 119 Å². The molecule has 112 valence electrons. The van der Waals surface area contributed by atoms with Gasteiger partial charge in [-0.2, -0.15) is 4.98 Å². The molecule has 1 aromatic rings. The van der Waals surface area contributed by atoms with Crippen LogP contribution in [0.1, 0.15) is 56.2 Å². The van der Waals surface area contributed by atoms with Crippen LogP contribution in [0, 0.1) is 0 Å². The minimum Gasteiger partial charge on any atom is -0.381 e. The number of ether oxygens (including phenoxy) is 2. The van der Waals surface area contributed by atoms with E-state index in [1.807, 2.05) is 0 Å². The highest BCUT2D eigenvalue weighted by Crippen LogP contribution is 2.36. The highest BCUT2D eigenvalue weighted by molar-refractivity contribution is 5.06. The van der Waals surface area contributed by atoms with Crippen LogP contribution in [-0.2, 0) is 15.1 Å². The Morgan fingerprint density at radius 3 is 2.80 bits per heavy atom. The number of nitrogens with two attached hydrogens (primary N) is 1. The van der Waals surface area contributed by atoms with Gasteiger partial charge in [-0.15, -0.1) is 0 Å². The summed E-state index contributed by atoms with van der Waals surface area (Å²) in [7, 11) is 1.71. The molecule has 6 nitrogen and oxygen atoms in total. The summed E-state index contributed by atoms with van der Waals surface area (Å²) in [6.07, 6.45) is 5.78. The van der Waals surface area contributed by atoms with Gasteiger partial charge in [0.2, 0.25) is 11.7 Å². The maximum Gasteiger partial charge on any atom is 0.229 e. The Morgan fingerprint density at radius 1 is 1.30 bits per heavy atom. The minimum absolute atomic E-state index is 0.253. The predicted molar refractivity (Wildman–Crippen MR) is 72.2 cm³/mol. The van der Waals surface area contributed by atoms with Crippen molar-refractivity contribution in [2.75, 3.05) is 20.3 Å². The molecule has 2 fully saturated rings. The first-order valence-corrected chi connectivity index (χ1v) is 7.46. The summed E-state index contributed by atoms with van der Waals surface area (Å²) in [5, 5.41) is 4.18. The lowest BCUT2D eigenvalue weighted by atomic mass is 9.86. The van der Waals surface area contributed by atoms with E-state index in [1.54, 1.807) is 7.11 Å². The smallest absolute Gasteiger partial charge is 0.229 e. The Bertz CT molecular complexity index is 443. The summed E-state index contributed by atoms with van der Waals surface area (Å²) >= 11 is 0. The lowest BCUT2D eigenvalue weighted by Gasteiger charge is -2.32.